The van der Waals surface area contributed by atoms with Crippen molar-refractivity contribution in [3.05, 3.63) is 35.4 Å². The Kier molecular flexibility index (Phi) is 8.14. The minimum Gasteiger partial charge on any atom is -0.357 e. The van der Waals surface area contributed by atoms with Gasteiger partial charge in [-0.05, 0) is 36.3 Å². The predicted molar refractivity (Wildman–Crippen MR) is 123 cm³/mol. The lowest BCUT2D eigenvalue weighted by atomic mass is 9.91. The average Bonchev–Trinajstić information content (AvgIpc) is 2.71. The lowest BCUT2D eigenvalue weighted by Crippen LogP contribution is -2.53. The van der Waals surface area contributed by atoms with E-state index in [4.69, 9.17) is 4.99 Å². The van der Waals surface area contributed by atoms with Crippen LogP contribution in [0.4, 0.5) is 0 Å². The topological polar surface area (TPSA) is 51.2 Å². The Bertz CT molecular complexity index is 699. The molecular formula is C24H39N5O. The number of carbonyl (C=O) groups is 1. The maximum Gasteiger partial charge on any atom is 0.219 e. The van der Waals surface area contributed by atoms with Crippen LogP contribution in [-0.4, -0.2) is 72.4 Å². The summed E-state index contributed by atoms with van der Waals surface area (Å²) in [6.07, 6.45) is 1.35. The Morgan fingerprint density at radius 2 is 1.57 bits per heavy atom. The summed E-state index contributed by atoms with van der Waals surface area (Å²) in [5.41, 5.74) is 2.62. The van der Waals surface area contributed by atoms with Crippen molar-refractivity contribution in [1.82, 2.24) is 20.0 Å². The molecule has 1 N–H and O–H groups in total. The van der Waals surface area contributed by atoms with Gasteiger partial charge in [0, 0.05) is 59.3 Å². The quantitative estimate of drug-likeness (QED) is 0.596. The van der Waals surface area contributed by atoms with E-state index in [1.165, 1.54) is 30.6 Å². The van der Waals surface area contributed by atoms with Crippen LogP contribution in [-0.2, 0) is 17.9 Å². The normalized spacial score (nSPS) is 23.5. The van der Waals surface area contributed by atoms with E-state index < -0.39 is 0 Å². The first kappa shape index (κ1) is 22.6. The number of nitrogens with one attached hydrogen (secondary N) is 1. The number of hydrogen-bond acceptors (Lipinski definition) is 3. The molecular weight excluding hydrogens is 374 g/mol. The summed E-state index contributed by atoms with van der Waals surface area (Å²) in [6.45, 7) is 16.6. The molecule has 30 heavy (non-hydrogen) atoms. The number of amides is 1. The fourth-order valence-corrected chi connectivity index (χ4v) is 4.75. The molecule has 0 radical (unpaired) electrons. The van der Waals surface area contributed by atoms with Crippen LogP contribution < -0.4 is 5.32 Å². The Labute approximate surface area is 182 Å². The first-order valence-corrected chi connectivity index (χ1v) is 11.5. The van der Waals surface area contributed by atoms with Crippen molar-refractivity contribution in [3.8, 4) is 0 Å². The van der Waals surface area contributed by atoms with Gasteiger partial charge in [0.1, 0.15) is 0 Å². The molecule has 2 aliphatic heterocycles. The van der Waals surface area contributed by atoms with E-state index in [1.54, 1.807) is 6.92 Å². The van der Waals surface area contributed by atoms with Gasteiger partial charge in [0.25, 0.3) is 0 Å². The maximum atomic E-state index is 11.6. The van der Waals surface area contributed by atoms with Gasteiger partial charge in [-0.1, -0.05) is 38.1 Å². The number of guanidine groups is 1. The molecule has 2 aliphatic rings. The summed E-state index contributed by atoms with van der Waals surface area (Å²) < 4.78 is 0. The first-order chi connectivity index (χ1) is 14.4. The summed E-state index contributed by atoms with van der Waals surface area (Å²) in [6, 6.07) is 8.94. The van der Waals surface area contributed by atoms with E-state index in [9.17, 15) is 4.79 Å². The highest BCUT2D eigenvalue weighted by Gasteiger charge is 2.22. The minimum absolute atomic E-state index is 0.158. The van der Waals surface area contributed by atoms with Crippen molar-refractivity contribution in [1.29, 1.82) is 0 Å². The number of likely N-dealkylation sites (tertiary alicyclic amines) is 1. The molecule has 6 heteroatoms. The zero-order chi connectivity index (χ0) is 21.5. The van der Waals surface area contributed by atoms with E-state index in [2.05, 4.69) is 60.2 Å². The van der Waals surface area contributed by atoms with Gasteiger partial charge in [-0.25, -0.2) is 4.99 Å². The molecule has 1 aromatic carbocycles. The number of benzene rings is 1. The second kappa shape index (κ2) is 10.8. The first-order valence-electron chi connectivity index (χ1n) is 11.5. The third-order valence-corrected chi connectivity index (χ3v) is 6.14. The second-order valence-electron chi connectivity index (χ2n) is 9.12. The summed E-state index contributed by atoms with van der Waals surface area (Å²) in [5, 5.41) is 3.41. The number of rotatable bonds is 5. The summed E-state index contributed by atoms with van der Waals surface area (Å²) in [4.78, 5) is 23.2. The van der Waals surface area contributed by atoms with E-state index in [-0.39, 0.29) is 5.91 Å². The molecule has 1 aromatic rings. The number of piperidine rings is 1. The molecule has 2 heterocycles. The van der Waals surface area contributed by atoms with E-state index in [0.29, 0.717) is 6.54 Å². The smallest absolute Gasteiger partial charge is 0.219 e. The van der Waals surface area contributed by atoms with Crippen LogP contribution >= 0.6 is 0 Å². The Morgan fingerprint density at radius 1 is 1.00 bits per heavy atom. The molecule has 2 atom stereocenters. The molecule has 3 rings (SSSR count). The van der Waals surface area contributed by atoms with Gasteiger partial charge in [0.15, 0.2) is 5.96 Å². The third-order valence-electron chi connectivity index (χ3n) is 6.14. The number of hydrogen-bond donors (Lipinski definition) is 1. The van der Waals surface area contributed by atoms with Gasteiger partial charge in [-0.2, -0.15) is 0 Å². The predicted octanol–water partition coefficient (Wildman–Crippen LogP) is 2.79. The number of nitrogens with zero attached hydrogens (tertiary/aromatic N) is 4. The van der Waals surface area contributed by atoms with Crippen LogP contribution in [0.1, 0.15) is 45.2 Å². The van der Waals surface area contributed by atoms with Crippen molar-refractivity contribution in [2.75, 3.05) is 45.8 Å². The van der Waals surface area contributed by atoms with Gasteiger partial charge < -0.3 is 15.1 Å². The Morgan fingerprint density at radius 3 is 2.13 bits per heavy atom. The summed E-state index contributed by atoms with van der Waals surface area (Å²) in [7, 11) is 0. The van der Waals surface area contributed by atoms with Crippen molar-refractivity contribution >= 4 is 11.9 Å². The van der Waals surface area contributed by atoms with Crippen molar-refractivity contribution in [2.24, 2.45) is 16.8 Å². The van der Waals surface area contributed by atoms with Crippen LogP contribution in [0.15, 0.2) is 29.3 Å². The van der Waals surface area contributed by atoms with Crippen LogP contribution in [0.3, 0.4) is 0 Å². The Hall–Kier alpha value is -2.08. The monoisotopic (exact) mass is 413 g/mol. The average molecular weight is 414 g/mol. The largest absolute Gasteiger partial charge is 0.357 e. The number of carbonyl (C=O) groups excluding carboxylic acids is 1. The van der Waals surface area contributed by atoms with Gasteiger partial charge >= 0.3 is 0 Å². The molecule has 2 saturated heterocycles. The van der Waals surface area contributed by atoms with Crippen molar-refractivity contribution in [2.45, 2.75) is 47.2 Å². The summed E-state index contributed by atoms with van der Waals surface area (Å²) in [5.74, 6) is 2.69. The SMILES string of the molecule is CCNC(=NCc1ccc(CN2CC(C)CC(C)C2)cc1)N1CCN(C(C)=O)CC1. The molecule has 0 spiro atoms. The molecule has 1 amide bonds. The third kappa shape index (κ3) is 6.46. The fourth-order valence-electron chi connectivity index (χ4n) is 4.75. The van der Waals surface area contributed by atoms with Crippen molar-refractivity contribution in [3.63, 3.8) is 0 Å². The second-order valence-corrected chi connectivity index (χ2v) is 9.12. The molecule has 2 fully saturated rings. The highest BCUT2D eigenvalue weighted by atomic mass is 16.2. The highest BCUT2D eigenvalue weighted by Crippen LogP contribution is 2.22. The molecule has 0 saturated carbocycles. The van der Waals surface area contributed by atoms with E-state index in [0.717, 1.165) is 57.1 Å². The lowest BCUT2D eigenvalue weighted by Gasteiger charge is -2.36. The fraction of sp³-hybridized carbons (Fsp3) is 0.667. The molecule has 0 aliphatic carbocycles. The number of piperazine rings is 1. The molecule has 2 unspecified atom stereocenters. The van der Waals surface area contributed by atoms with Crippen LogP contribution in [0.2, 0.25) is 0 Å². The van der Waals surface area contributed by atoms with E-state index in [1.807, 2.05) is 4.90 Å². The number of aliphatic imine (C=N–C) groups is 1. The highest BCUT2D eigenvalue weighted by molar-refractivity contribution is 5.80. The van der Waals surface area contributed by atoms with Crippen LogP contribution in [0.5, 0.6) is 0 Å². The van der Waals surface area contributed by atoms with E-state index >= 15 is 0 Å². The van der Waals surface area contributed by atoms with Gasteiger partial charge in [-0.15, -0.1) is 0 Å². The van der Waals surface area contributed by atoms with Crippen molar-refractivity contribution < 1.29 is 4.79 Å². The lowest BCUT2D eigenvalue weighted by molar-refractivity contribution is -0.130. The van der Waals surface area contributed by atoms with Gasteiger partial charge in [0.05, 0.1) is 6.54 Å². The van der Waals surface area contributed by atoms with Crippen LogP contribution in [0.25, 0.3) is 0 Å². The van der Waals surface area contributed by atoms with Gasteiger partial charge in [0.2, 0.25) is 5.91 Å². The zero-order valence-electron chi connectivity index (χ0n) is 19.2. The molecule has 0 bridgehead atoms. The molecule has 6 nitrogen and oxygen atoms in total. The zero-order valence-corrected chi connectivity index (χ0v) is 19.2. The molecule has 166 valence electrons. The minimum atomic E-state index is 0.158. The maximum absolute atomic E-state index is 11.6. The van der Waals surface area contributed by atoms with Gasteiger partial charge in [-0.3, -0.25) is 9.69 Å². The summed E-state index contributed by atoms with van der Waals surface area (Å²) >= 11 is 0. The standard InChI is InChI=1S/C24H39N5O/c1-5-25-24(29-12-10-28(11-13-29)21(4)30)26-15-22-6-8-23(9-7-22)18-27-16-19(2)14-20(3)17-27/h6-9,19-20H,5,10-18H2,1-4H3,(H,25,26). The van der Waals surface area contributed by atoms with Crippen LogP contribution in [0, 0.1) is 11.8 Å². The Balaban J connectivity index is 1.55. The molecule has 0 aromatic heterocycles.